The molecule has 3 amide bonds. The number of Topliss-reactive ketones (excluding diaryl/α,β-unsaturated/α-hetero) is 1. The molecule has 0 spiro atoms. The van der Waals surface area contributed by atoms with Crippen molar-refractivity contribution < 1.29 is 91.9 Å². The summed E-state index contributed by atoms with van der Waals surface area (Å²) in [5.74, 6) is -6.20. The van der Waals surface area contributed by atoms with Gasteiger partial charge in [0.25, 0.3) is 5.91 Å². The summed E-state index contributed by atoms with van der Waals surface area (Å²) < 4.78 is 44.9. The highest BCUT2D eigenvalue weighted by atomic mass is 16.6. The number of fused-ring (bicyclic) bond motifs is 6. The summed E-state index contributed by atoms with van der Waals surface area (Å²) in [7, 11) is 0. The molecule has 8 fully saturated rings. The lowest BCUT2D eigenvalue weighted by Crippen LogP contribution is -2.82. The van der Waals surface area contributed by atoms with Crippen LogP contribution < -0.4 is 16.0 Å². The highest BCUT2D eigenvalue weighted by Crippen LogP contribution is 2.66. The van der Waals surface area contributed by atoms with Gasteiger partial charge < -0.3 is 69.5 Å². The Morgan fingerprint density at radius 1 is 0.757 bits per heavy atom. The van der Waals surface area contributed by atoms with Crippen molar-refractivity contribution in [3.05, 3.63) is 166 Å². The van der Waals surface area contributed by atoms with Gasteiger partial charge in [0, 0.05) is 55.7 Å². The molecule has 12 rings (SSSR count). The highest BCUT2D eigenvalue weighted by molar-refractivity contribution is 5.97. The highest BCUT2D eigenvalue weighted by Gasteiger charge is 2.79. The first-order valence-corrected chi connectivity index (χ1v) is 38.1. The molecule has 9 aliphatic rings. The number of rotatable bonds is 19. The number of aliphatic hydroxyl groups excluding tert-OH is 3. The Bertz CT molecular complexity index is 4050. The molecule has 8 aliphatic carbocycles. The minimum absolute atomic E-state index is 0.0127. The molecule has 576 valence electrons. The zero-order chi connectivity index (χ0) is 77.1. The number of allylic oxidation sites excluding steroid dienone is 4. The van der Waals surface area contributed by atoms with E-state index in [0.717, 1.165) is 64.4 Å². The largest absolute Gasteiger partial charge is 0.456 e. The van der Waals surface area contributed by atoms with Gasteiger partial charge in [0.2, 0.25) is 0 Å². The molecule has 0 radical (unpaired) electrons. The number of hydrogen-bond acceptors (Lipinski definition) is 19. The van der Waals surface area contributed by atoms with Gasteiger partial charge in [-0.15, -0.1) is 0 Å². The molecule has 107 heavy (non-hydrogen) atoms. The van der Waals surface area contributed by atoms with E-state index in [1.54, 1.807) is 92.7 Å². The van der Waals surface area contributed by atoms with Gasteiger partial charge in [0.05, 0.1) is 41.8 Å². The van der Waals surface area contributed by atoms with E-state index >= 15 is 14.4 Å². The number of esters is 4. The van der Waals surface area contributed by atoms with Crippen LogP contribution in [-0.2, 0) is 52.3 Å². The molecule has 22 nitrogen and oxygen atoms in total. The monoisotopic (exact) mass is 1470 g/mol. The summed E-state index contributed by atoms with van der Waals surface area (Å²) >= 11 is 0. The number of carbonyl (C=O) groups is 8. The summed E-state index contributed by atoms with van der Waals surface area (Å²) in [5.41, 5.74) is -6.50. The first-order chi connectivity index (χ1) is 50.5. The van der Waals surface area contributed by atoms with Crippen LogP contribution in [0.25, 0.3) is 0 Å². The van der Waals surface area contributed by atoms with Crippen molar-refractivity contribution in [2.45, 2.75) is 250 Å². The Morgan fingerprint density at radius 3 is 2.06 bits per heavy atom. The maximum Gasteiger partial charge on any atom is 0.407 e. The molecule has 16 unspecified atom stereocenters. The van der Waals surface area contributed by atoms with Crippen LogP contribution in [-0.4, -0.2) is 153 Å². The van der Waals surface area contributed by atoms with Crippen LogP contribution in [0.1, 0.15) is 198 Å². The summed E-state index contributed by atoms with van der Waals surface area (Å²) in [6.07, 6.45) is 2.81. The van der Waals surface area contributed by atoms with Crippen molar-refractivity contribution in [3.8, 4) is 0 Å². The number of alkyl carbamates (subject to hydrolysis) is 2. The molecule has 1 heterocycles. The Kier molecular flexibility index (Phi) is 22.2. The molecule has 20 atom stereocenters. The fraction of sp³-hybridized carbons (Fsp3) is 0.576. The van der Waals surface area contributed by atoms with Gasteiger partial charge in [0.15, 0.2) is 23.6 Å². The SMILES string of the molecule is C=C1/C(=C\C=C2/CCC[C@@]3(C)C2CCC3[C@@H](C)/C=C/C(OC(=O)NC2CC(C)(C)CC(C)(NC(=O)OC3CC4OCC4(OC(C)=O)C4C(OC(=O)c5ccccc5)C5(O)CC(OC(=O)C(O)C(NC(=O)c6ccccc6)c6ccccc6)C(C)=C(C(OC(C)=O)C(=O)C34C)C5(C)C)C2)C2CC2)C[C@@H](O)C[C@@H]1O. The molecule has 7 N–H and O–H groups in total. The van der Waals surface area contributed by atoms with Crippen LogP contribution in [0.3, 0.4) is 0 Å². The van der Waals surface area contributed by atoms with E-state index in [0.29, 0.717) is 48.7 Å². The number of ether oxygens (including phenoxy) is 7. The lowest BCUT2D eigenvalue weighted by atomic mass is 9.44. The molecule has 3 aromatic carbocycles. The van der Waals surface area contributed by atoms with Crippen LogP contribution >= 0.6 is 0 Å². The molecule has 2 bridgehead atoms. The van der Waals surface area contributed by atoms with Gasteiger partial charge in [-0.05, 0) is 184 Å². The Morgan fingerprint density at radius 2 is 1.42 bits per heavy atom. The molecular formula is C85H107N3O19. The van der Waals surface area contributed by atoms with E-state index < -0.39 is 167 Å². The second-order valence-corrected chi connectivity index (χ2v) is 34.1. The van der Waals surface area contributed by atoms with Crippen LogP contribution in [0, 0.1) is 51.2 Å². The molecule has 22 heteroatoms. The third-order valence-corrected chi connectivity index (χ3v) is 25.7. The zero-order valence-corrected chi connectivity index (χ0v) is 63.4. The predicted octanol–water partition coefficient (Wildman–Crippen LogP) is 11.6. The molecule has 7 saturated carbocycles. The lowest BCUT2D eigenvalue weighted by molar-refractivity contribution is -0.345. The average molecular weight is 1470 g/mol. The smallest absolute Gasteiger partial charge is 0.407 e. The molecular weight excluding hydrogens is 1370 g/mol. The topological polar surface area (TPSA) is 318 Å². The van der Waals surface area contributed by atoms with Crippen molar-refractivity contribution in [1.29, 1.82) is 0 Å². The zero-order valence-electron chi connectivity index (χ0n) is 63.4. The number of carbonyl (C=O) groups excluding carboxylic acids is 8. The first kappa shape index (κ1) is 78.3. The fourth-order valence-corrected chi connectivity index (χ4v) is 20.5. The average Bonchev–Trinajstić information content (AvgIpc) is 1.43. The van der Waals surface area contributed by atoms with Crippen molar-refractivity contribution in [1.82, 2.24) is 16.0 Å². The van der Waals surface area contributed by atoms with E-state index in [-0.39, 0.29) is 52.4 Å². The number of aliphatic hydroxyl groups is 4. The van der Waals surface area contributed by atoms with Crippen molar-refractivity contribution in [3.63, 3.8) is 0 Å². The van der Waals surface area contributed by atoms with Gasteiger partial charge in [-0.2, -0.15) is 0 Å². The molecule has 3 aromatic rings. The Balaban J connectivity index is 0.817. The van der Waals surface area contributed by atoms with E-state index in [4.69, 9.17) is 33.2 Å². The summed E-state index contributed by atoms with van der Waals surface area (Å²) in [5, 5.41) is 56.6. The molecule has 1 saturated heterocycles. The minimum Gasteiger partial charge on any atom is -0.456 e. The second kappa shape index (κ2) is 30.3. The van der Waals surface area contributed by atoms with Gasteiger partial charge >= 0.3 is 36.1 Å². The van der Waals surface area contributed by atoms with Crippen molar-refractivity contribution >= 4 is 47.8 Å². The Hall–Kier alpha value is -8.28. The third-order valence-electron chi connectivity index (χ3n) is 25.7. The van der Waals surface area contributed by atoms with E-state index in [1.165, 1.54) is 31.6 Å². The number of amides is 3. The standard InChI is InChI=1S/C85H107N3O19/c1-47(60-35-36-61-52(29-22-38-82(60,61)11)31-34-57-39-59(91)40-62(92)48(57)2)30-37-63(53-32-33-53)104-77(98)86-58-42-79(6,7)45-81(10,43-58)88-78(99)105-65-41-66-84(46-101-66,107-51(5)90)71-73(106-75(96)56-27-20-15-21-28-56)85(100)44-64(49(3)67(80(85,8)9)70(102-50(4)89)72(94)83(65,71)12)103-76(97)69(93)68(54-23-16-13-17-24-54)87-74(95)55-25-18-14-19-26-55/h13-21,23-28,30-31,34,37,47,53,58-66,68-71,73,91-93,100H,2,22,29,32-33,35-36,38-46H2,1,3-12H3,(H,86,98)(H,87,95)(H,88,99)/b37-30+,52-31+,57-34-/t47-,58?,59+,60?,61?,62-,63?,64?,65?,66?,68?,69?,70?,71?,73?,81?,82+,83?,84?,85?/m0/s1. The Labute approximate surface area is 626 Å². The summed E-state index contributed by atoms with van der Waals surface area (Å²) in [6, 6.07) is 22.3. The quantitative estimate of drug-likeness (QED) is 0.0333. The number of hydrogen-bond donors (Lipinski definition) is 7. The van der Waals surface area contributed by atoms with Gasteiger partial charge in [-0.3, -0.25) is 19.2 Å². The lowest BCUT2D eigenvalue weighted by Gasteiger charge is -2.67. The van der Waals surface area contributed by atoms with Crippen LogP contribution in [0.2, 0.25) is 0 Å². The summed E-state index contributed by atoms with van der Waals surface area (Å²) in [4.78, 5) is 118. The number of benzene rings is 3. The second-order valence-electron chi connectivity index (χ2n) is 34.1. The number of ketones is 1. The predicted molar refractivity (Wildman–Crippen MR) is 394 cm³/mol. The van der Waals surface area contributed by atoms with Crippen LogP contribution in [0.4, 0.5) is 9.59 Å². The van der Waals surface area contributed by atoms with Crippen molar-refractivity contribution in [2.24, 2.45) is 51.2 Å². The maximum absolute atomic E-state index is 16.8. The van der Waals surface area contributed by atoms with E-state index in [2.05, 4.69) is 60.7 Å². The fourth-order valence-electron chi connectivity index (χ4n) is 20.5. The van der Waals surface area contributed by atoms with E-state index in [1.807, 2.05) is 20.8 Å². The normalized spacial score (nSPS) is 35.3. The minimum atomic E-state index is -2.55. The first-order valence-electron chi connectivity index (χ1n) is 38.1. The maximum atomic E-state index is 16.8. The van der Waals surface area contributed by atoms with Gasteiger partial charge in [-0.1, -0.05) is 139 Å². The summed E-state index contributed by atoms with van der Waals surface area (Å²) in [6.45, 7) is 22.6. The van der Waals surface area contributed by atoms with Gasteiger partial charge in [-0.25, -0.2) is 19.2 Å². The molecule has 0 aromatic heterocycles. The van der Waals surface area contributed by atoms with Crippen LogP contribution in [0.15, 0.2) is 150 Å². The molecule has 1 aliphatic heterocycles. The third kappa shape index (κ3) is 15.5. The van der Waals surface area contributed by atoms with E-state index in [9.17, 15) is 44.4 Å². The van der Waals surface area contributed by atoms with Crippen molar-refractivity contribution in [2.75, 3.05) is 6.61 Å². The van der Waals surface area contributed by atoms with Gasteiger partial charge in [0.1, 0.15) is 36.1 Å². The number of nitrogens with one attached hydrogen (secondary N) is 3. The van der Waals surface area contributed by atoms with Crippen LogP contribution in [0.5, 0.6) is 0 Å².